The Balaban J connectivity index is 2.58. The number of aromatic nitrogens is 1. The van der Waals surface area contributed by atoms with Crippen molar-refractivity contribution < 1.29 is 5.11 Å². The highest BCUT2D eigenvalue weighted by atomic mass is 32.1. The Kier molecular flexibility index (Phi) is 3.84. The summed E-state index contributed by atoms with van der Waals surface area (Å²) in [5.41, 5.74) is 2.93. The molecule has 0 saturated carbocycles. The molecule has 0 saturated heterocycles. The van der Waals surface area contributed by atoms with Gasteiger partial charge in [0.05, 0.1) is 17.8 Å². The number of nitrogens with one attached hydrogen (secondary N) is 1. The predicted molar refractivity (Wildman–Crippen MR) is 54.9 cm³/mol. The Morgan fingerprint density at radius 1 is 1.62 bits per heavy atom. The van der Waals surface area contributed by atoms with Crippen molar-refractivity contribution in [1.29, 1.82) is 0 Å². The fourth-order valence-electron chi connectivity index (χ4n) is 1.28. The van der Waals surface area contributed by atoms with Crippen LogP contribution in [0.25, 0.3) is 0 Å². The summed E-state index contributed by atoms with van der Waals surface area (Å²) in [5.74, 6) is 0. The largest absolute Gasteiger partial charge is 0.395 e. The maximum Gasteiger partial charge on any atom is 0.0798 e. The van der Waals surface area contributed by atoms with E-state index in [9.17, 15) is 0 Å². The van der Waals surface area contributed by atoms with Crippen LogP contribution >= 0.6 is 11.3 Å². The van der Waals surface area contributed by atoms with Gasteiger partial charge < -0.3 is 10.4 Å². The standard InChI is InChI=1S/C9H16N2OS/c1-6(4-12)11-8(3)9-7(2)10-5-13-9/h5-6,8,11-12H,4H2,1-3H3. The van der Waals surface area contributed by atoms with Crippen molar-refractivity contribution in [2.45, 2.75) is 32.9 Å². The fourth-order valence-corrected chi connectivity index (χ4v) is 2.10. The van der Waals surface area contributed by atoms with Gasteiger partial charge in [0.1, 0.15) is 0 Å². The molecule has 1 aromatic rings. The van der Waals surface area contributed by atoms with E-state index in [1.165, 1.54) is 4.88 Å². The summed E-state index contributed by atoms with van der Waals surface area (Å²) < 4.78 is 0. The molecular weight excluding hydrogens is 184 g/mol. The summed E-state index contributed by atoms with van der Waals surface area (Å²) in [6.07, 6.45) is 0. The lowest BCUT2D eigenvalue weighted by Gasteiger charge is -2.17. The van der Waals surface area contributed by atoms with Gasteiger partial charge in [-0.25, -0.2) is 4.98 Å². The van der Waals surface area contributed by atoms with Crippen molar-refractivity contribution in [2.75, 3.05) is 6.61 Å². The summed E-state index contributed by atoms with van der Waals surface area (Å²) in [6, 6.07) is 0.408. The van der Waals surface area contributed by atoms with Gasteiger partial charge in [0.2, 0.25) is 0 Å². The molecule has 2 atom stereocenters. The second-order valence-electron chi connectivity index (χ2n) is 3.27. The second-order valence-corrected chi connectivity index (χ2v) is 4.16. The molecule has 0 radical (unpaired) electrons. The van der Waals surface area contributed by atoms with Crippen LogP contribution < -0.4 is 5.32 Å². The van der Waals surface area contributed by atoms with E-state index in [-0.39, 0.29) is 18.7 Å². The van der Waals surface area contributed by atoms with E-state index in [4.69, 9.17) is 5.11 Å². The van der Waals surface area contributed by atoms with Crippen LogP contribution in [-0.4, -0.2) is 22.7 Å². The normalized spacial score (nSPS) is 15.7. The molecule has 3 nitrogen and oxygen atoms in total. The van der Waals surface area contributed by atoms with Crippen molar-refractivity contribution in [1.82, 2.24) is 10.3 Å². The van der Waals surface area contributed by atoms with Crippen molar-refractivity contribution in [2.24, 2.45) is 0 Å². The van der Waals surface area contributed by atoms with E-state index in [2.05, 4.69) is 17.2 Å². The van der Waals surface area contributed by atoms with Gasteiger partial charge in [-0.15, -0.1) is 11.3 Å². The minimum atomic E-state index is 0.136. The van der Waals surface area contributed by atoms with Gasteiger partial charge in [-0.1, -0.05) is 0 Å². The highest BCUT2D eigenvalue weighted by Gasteiger charge is 2.12. The molecule has 0 aromatic carbocycles. The molecule has 4 heteroatoms. The first-order valence-corrected chi connectivity index (χ1v) is 5.30. The second kappa shape index (κ2) is 4.69. The lowest BCUT2D eigenvalue weighted by Crippen LogP contribution is -2.31. The molecule has 1 heterocycles. The van der Waals surface area contributed by atoms with E-state index in [1.807, 2.05) is 19.4 Å². The first-order valence-electron chi connectivity index (χ1n) is 4.42. The van der Waals surface area contributed by atoms with E-state index >= 15 is 0 Å². The lowest BCUT2D eigenvalue weighted by molar-refractivity contribution is 0.243. The van der Waals surface area contributed by atoms with Gasteiger partial charge in [0.15, 0.2) is 0 Å². The topological polar surface area (TPSA) is 45.2 Å². The minimum Gasteiger partial charge on any atom is -0.395 e. The molecule has 0 aliphatic heterocycles. The van der Waals surface area contributed by atoms with Gasteiger partial charge in [-0.3, -0.25) is 0 Å². The van der Waals surface area contributed by atoms with Crippen LogP contribution in [0.15, 0.2) is 5.51 Å². The molecule has 2 N–H and O–H groups in total. The third-order valence-corrected chi connectivity index (χ3v) is 3.10. The SMILES string of the molecule is Cc1ncsc1C(C)NC(C)CO. The molecular formula is C9H16N2OS. The molecule has 2 unspecified atom stereocenters. The smallest absolute Gasteiger partial charge is 0.0798 e. The van der Waals surface area contributed by atoms with Crippen molar-refractivity contribution in [3.63, 3.8) is 0 Å². The zero-order chi connectivity index (χ0) is 9.84. The summed E-state index contributed by atoms with van der Waals surface area (Å²) in [7, 11) is 0. The molecule has 0 spiro atoms. The first kappa shape index (κ1) is 10.6. The number of hydrogen-bond donors (Lipinski definition) is 2. The van der Waals surface area contributed by atoms with E-state index in [0.717, 1.165) is 5.69 Å². The van der Waals surface area contributed by atoms with Crippen LogP contribution in [0, 0.1) is 6.92 Å². The molecule has 1 rings (SSSR count). The van der Waals surface area contributed by atoms with Crippen molar-refractivity contribution in [3.8, 4) is 0 Å². The van der Waals surface area contributed by atoms with Crippen molar-refractivity contribution in [3.05, 3.63) is 16.1 Å². The number of aliphatic hydroxyl groups is 1. The monoisotopic (exact) mass is 200 g/mol. The zero-order valence-corrected chi connectivity index (χ0v) is 9.06. The number of rotatable bonds is 4. The third-order valence-electron chi connectivity index (χ3n) is 1.98. The van der Waals surface area contributed by atoms with Gasteiger partial charge in [-0.05, 0) is 20.8 Å². The van der Waals surface area contributed by atoms with Gasteiger partial charge in [-0.2, -0.15) is 0 Å². The summed E-state index contributed by atoms with van der Waals surface area (Å²) in [6.45, 7) is 6.23. The molecule has 0 aliphatic rings. The van der Waals surface area contributed by atoms with Gasteiger partial charge in [0, 0.05) is 17.0 Å². The average molecular weight is 200 g/mol. The maximum absolute atomic E-state index is 8.88. The zero-order valence-electron chi connectivity index (χ0n) is 8.24. The molecule has 1 aromatic heterocycles. The van der Waals surface area contributed by atoms with Crippen LogP contribution in [0.1, 0.15) is 30.5 Å². The van der Waals surface area contributed by atoms with Crippen LogP contribution in [-0.2, 0) is 0 Å². The quantitative estimate of drug-likeness (QED) is 0.774. The van der Waals surface area contributed by atoms with E-state index in [1.54, 1.807) is 11.3 Å². The maximum atomic E-state index is 8.88. The van der Waals surface area contributed by atoms with Gasteiger partial charge >= 0.3 is 0 Å². The molecule has 0 amide bonds. The van der Waals surface area contributed by atoms with Crippen molar-refractivity contribution >= 4 is 11.3 Å². The Morgan fingerprint density at radius 2 is 2.31 bits per heavy atom. The highest BCUT2D eigenvalue weighted by Crippen LogP contribution is 2.21. The van der Waals surface area contributed by atoms with Crippen LogP contribution in [0.5, 0.6) is 0 Å². The highest BCUT2D eigenvalue weighted by molar-refractivity contribution is 7.09. The van der Waals surface area contributed by atoms with E-state index in [0.29, 0.717) is 0 Å². The Bertz CT molecular complexity index is 262. The number of aliphatic hydroxyl groups excluding tert-OH is 1. The molecule has 13 heavy (non-hydrogen) atoms. The molecule has 0 fully saturated rings. The average Bonchev–Trinajstić information content (AvgIpc) is 2.51. The lowest BCUT2D eigenvalue weighted by atomic mass is 10.2. The van der Waals surface area contributed by atoms with Crippen LogP contribution in [0.3, 0.4) is 0 Å². The molecule has 74 valence electrons. The molecule has 0 aliphatic carbocycles. The first-order chi connectivity index (χ1) is 6.15. The number of aryl methyl sites for hydroxylation is 1. The predicted octanol–water partition coefficient (Wildman–Crippen LogP) is 1.48. The number of hydrogen-bond acceptors (Lipinski definition) is 4. The summed E-state index contributed by atoms with van der Waals surface area (Å²) >= 11 is 1.65. The molecule has 0 bridgehead atoms. The number of thiazole rings is 1. The Labute approximate surface area is 82.8 Å². The third kappa shape index (κ3) is 2.76. The summed E-state index contributed by atoms with van der Waals surface area (Å²) in [4.78, 5) is 5.44. The van der Waals surface area contributed by atoms with Gasteiger partial charge in [0.25, 0.3) is 0 Å². The van der Waals surface area contributed by atoms with Crippen LogP contribution in [0.4, 0.5) is 0 Å². The number of nitrogens with zero attached hydrogens (tertiary/aromatic N) is 1. The Hall–Kier alpha value is -0.450. The fraction of sp³-hybridized carbons (Fsp3) is 0.667. The minimum absolute atomic E-state index is 0.136. The summed E-state index contributed by atoms with van der Waals surface area (Å²) in [5, 5.41) is 12.2. The van der Waals surface area contributed by atoms with E-state index < -0.39 is 0 Å². The van der Waals surface area contributed by atoms with Crippen LogP contribution in [0.2, 0.25) is 0 Å². The Morgan fingerprint density at radius 3 is 2.77 bits per heavy atom.